The van der Waals surface area contributed by atoms with Crippen LogP contribution in [0.25, 0.3) is 6.08 Å². The highest BCUT2D eigenvalue weighted by Crippen LogP contribution is 2.13. The highest BCUT2D eigenvalue weighted by molar-refractivity contribution is 6.07. The van der Waals surface area contributed by atoms with Crippen molar-refractivity contribution in [3.05, 3.63) is 90.2 Å². The summed E-state index contributed by atoms with van der Waals surface area (Å²) in [6.45, 7) is 0. The summed E-state index contributed by atoms with van der Waals surface area (Å²) in [5, 5.41) is 2.70. The maximum Gasteiger partial charge on any atom is 0.291 e. The Hall–Kier alpha value is -3.47. The number of allylic oxidation sites excluding steroid dienone is 1. The van der Waals surface area contributed by atoms with E-state index in [9.17, 15) is 9.59 Å². The van der Waals surface area contributed by atoms with Crippen LogP contribution in [0.3, 0.4) is 0 Å². The zero-order valence-corrected chi connectivity index (χ0v) is 12.7. The van der Waals surface area contributed by atoms with Crippen molar-refractivity contribution in [3.63, 3.8) is 0 Å². The molecule has 2 heterocycles. The van der Waals surface area contributed by atoms with E-state index in [-0.39, 0.29) is 17.5 Å². The molecule has 0 spiro atoms. The summed E-state index contributed by atoms with van der Waals surface area (Å²) in [4.78, 5) is 28.1. The van der Waals surface area contributed by atoms with Gasteiger partial charge in [-0.3, -0.25) is 14.6 Å². The van der Waals surface area contributed by atoms with Crippen molar-refractivity contribution in [3.8, 4) is 0 Å². The number of benzene rings is 1. The molecule has 2 aromatic heterocycles. The Bertz CT molecular complexity index is 851. The fraction of sp³-hybridized carbons (Fsp3) is 0. The van der Waals surface area contributed by atoms with Gasteiger partial charge in [-0.1, -0.05) is 6.07 Å². The number of hydrogen-bond donors (Lipinski definition) is 1. The number of carbonyl (C=O) groups is 2. The van der Waals surface area contributed by atoms with Crippen LogP contribution in [0.15, 0.2) is 77.6 Å². The molecule has 5 heteroatoms. The van der Waals surface area contributed by atoms with Gasteiger partial charge in [0.25, 0.3) is 5.91 Å². The molecule has 118 valence electrons. The van der Waals surface area contributed by atoms with Crippen LogP contribution in [-0.2, 0) is 0 Å². The topological polar surface area (TPSA) is 72.2 Å². The summed E-state index contributed by atoms with van der Waals surface area (Å²) in [6, 6.07) is 15.4. The molecule has 1 N–H and O–H groups in total. The van der Waals surface area contributed by atoms with Gasteiger partial charge in [0.15, 0.2) is 11.5 Å². The molecular weight excluding hydrogens is 304 g/mol. The Kier molecular flexibility index (Phi) is 4.62. The molecular formula is C19H14N2O3. The molecule has 0 aliphatic rings. The van der Waals surface area contributed by atoms with Crippen molar-refractivity contribution in [2.45, 2.75) is 0 Å². The normalized spacial score (nSPS) is 10.7. The van der Waals surface area contributed by atoms with Crippen LogP contribution in [0.1, 0.15) is 26.6 Å². The zero-order valence-electron chi connectivity index (χ0n) is 12.7. The Morgan fingerprint density at radius 2 is 1.83 bits per heavy atom. The lowest BCUT2D eigenvalue weighted by Gasteiger charge is -2.03. The summed E-state index contributed by atoms with van der Waals surface area (Å²) in [5.41, 5.74) is 1.83. The fourth-order valence-electron chi connectivity index (χ4n) is 2.05. The molecule has 0 fully saturated rings. The number of furan rings is 1. The quantitative estimate of drug-likeness (QED) is 0.573. The van der Waals surface area contributed by atoms with Gasteiger partial charge in [0.1, 0.15) is 0 Å². The monoisotopic (exact) mass is 318 g/mol. The average molecular weight is 318 g/mol. The summed E-state index contributed by atoms with van der Waals surface area (Å²) >= 11 is 0. The smallest absolute Gasteiger partial charge is 0.291 e. The van der Waals surface area contributed by atoms with Crippen molar-refractivity contribution < 1.29 is 14.0 Å². The number of pyridine rings is 1. The van der Waals surface area contributed by atoms with Crippen LogP contribution in [0.4, 0.5) is 5.69 Å². The zero-order chi connectivity index (χ0) is 16.8. The summed E-state index contributed by atoms with van der Waals surface area (Å²) in [5.74, 6) is -0.243. The Balaban J connectivity index is 1.64. The predicted molar refractivity (Wildman–Crippen MR) is 90.7 cm³/mol. The second-order valence-electron chi connectivity index (χ2n) is 4.96. The number of aromatic nitrogens is 1. The second-order valence-corrected chi connectivity index (χ2v) is 4.96. The third-order valence-electron chi connectivity index (χ3n) is 3.27. The standard InChI is InChI=1S/C19H14N2O3/c22-17(11-10-15-4-1-2-12-20-15)14-6-8-16(9-7-14)21-19(23)18-5-3-13-24-18/h1-13H,(H,21,23)/b11-10+. The Labute approximate surface area is 138 Å². The SMILES string of the molecule is O=C(/C=C/c1ccccn1)c1ccc(NC(=O)c2ccco2)cc1. The van der Waals surface area contributed by atoms with Crippen molar-refractivity contribution in [2.24, 2.45) is 0 Å². The molecule has 1 aromatic carbocycles. The van der Waals surface area contributed by atoms with Crippen LogP contribution in [-0.4, -0.2) is 16.7 Å². The first-order chi connectivity index (χ1) is 11.7. The van der Waals surface area contributed by atoms with E-state index in [2.05, 4.69) is 10.3 Å². The van der Waals surface area contributed by atoms with E-state index in [0.717, 1.165) is 0 Å². The van der Waals surface area contributed by atoms with Gasteiger partial charge in [-0.2, -0.15) is 0 Å². The van der Waals surface area contributed by atoms with Crippen molar-refractivity contribution in [2.75, 3.05) is 5.32 Å². The van der Waals surface area contributed by atoms with Crippen molar-refractivity contribution >= 4 is 23.5 Å². The van der Waals surface area contributed by atoms with Gasteiger partial charge >= 0.3 is 0 Å². The minimum Gasteiger partial charge on any atom is -0.459 e. The number of nitrogens with one attached hydrogen (secondary N) is 1. The van der Waals surface area contributed by atoms with Gasteiger partial charge in [-0.15, -0.1) is 0 Å². The number of rotatable bonds is 5. The van der Waals surface area contributed by atoms with Gasteiger partial charge < -0.3 is 9.73 Å². The van der Waals surface area contributed by atoms with Crippen LogP contribution >= 0.6 is 0 Å². The van der Waals surface area contributed by atoms with Crippen LogP contribution in [0.5, 0.6) is 0 Å². The van der Waals surface area contributed by atoms with E-state index >= 15 is 0 Å². The van der Waals surface area contributed by atoms with Gasteiger partial charge in [0.05, 0.1) is 12.0 Å². The number of nitrogens with zero attached hydrogens (tertiary/aromatic N) is 1. The van der Waals surface area contributed by atoms with Gasteiger partial charge in [-0.25, -0.2) is 0 Å². The van der Waals surface area contributed by atoms with Crippen molar-refractivity contribution in [1.29, 1.82) is 0 Å². The van der Waals surface area contributed by atoms with Crippen LogP contribution in [0.2, 0.25) is 0 Å². The molecule has 0 aliphatic carbocycles. The minimum absolute atomic E-state index is 0.135. The summed E-state index contributed by atoms with van der Waals surface area (Å²) in [7, 11) is 0. The number of ketones is 1. The lowest BCUT2D eigenvalue weighted by Crippen LogP contribution is -2.10. The molecule has 0 atom stereocenters. The first kappa shape index (κ1) is 15.4. The first-order valence-electron chi connectivity index (χ1n) is 7.31. The van der Waals surface area contributed by atoms with E-state index in [1.807, 2.05) is 18.2 Å². The predicted octanol–water partition coefficient (Wildman–Crippen LogP) is 3.82. The molecule has 0 bridgehead atoms. The lowest BCUT2D eigenvalue weighted by molar-refractivity contribution is 0.0996. The maximum atomic E-state index is 12.1. The first-order valence-corrected chi connectivity index (χ1v) is 7.31. The molecule has 24 heavy (non-hydrogen) atoms. The molecule has 0 saturated heterocycles. The third kappa shape index (κ3) is 3.84. The number of hydrogen-bond acceptors (Lipinski definition) is 4. The molecule has 0 aliphatic heterocycles. The minimum atomic E-state index is -0.339. The highest BCUT2D eigenvalue weighted by Gasteiger charge is 2.09. The van der Waals surface area contributed by atoms with Gasteiger partial charge in [0, 0.05) is 17.4 Å². The highest BCUT2D eigenvalue weighted by atomic mass is 16.3. The molecule has 0 unspecified atom stereocenters. The fourth-order valence-corrected chi connectivity index (χ4v) is 2.05. The molecule has 0 saturated carbocycles. The number of anilines is 1. The molecule has 5 nitrogen and oxygen atoms in total. The second kappa shape index (κ2) is 7.19. The molecule has 0 radical (unpaired) electrons. The van der Waals surface area contributed by atoms with E-state index in [0.29, 0.717) is 16.9 Å². The average Bonchev–Trinajstić information content (AvgIpc) is 3.16. The summed E-state index contributed by atoms with van der Waals surface area (Å²) < 4.78 is 5.02. The van der Waals surface area contributed by atoms with Gasteiger partial charge in [0.2, 0.25) is 0 Å². The molecule has 3 rings (SSSR count). The van der Waals surface area contributed by atoms with Crippen LogP contribution in [0, 0.1) is 0 Å². The largest absolute Gasteiger partial charge is 0.459 e. The van der Waals surface area contributed by atoms with E-state index < -0.39 is 0 Å². The van der Waals surface area contributed by atoms with Crippen molar-refractivity contribution in [1.82, 2.24) is 4.98 Å². The molecule has 1 amide bonds. The Morgan fingerprint density at radius 3 is 2.50 bits per heavy atom. The van der Waals surface area contributed by atoms with E-state index in [1.165, 1.54) is 12.3 Å². The summed E-state index contributed by atoms with van der Waals surface area (Å²) in [6.07, 6.45) is 6.24. The maximum absolute atomic E-state index is 12.1. The Morgan fingerprint density at radius 1 is 1.00 bits per heavy atom. The van der Waals surface area contributed by atoms with E-state index in [4.69, 9.17) is 4.42 Å². The van der Waals surface area contributed by atoms with E-state index in [1.54, 1.807) is 48.7 Å². The van der Waals surface area contributed by atoms with Crippen LogP contribution < -0.4 is 5.32 Å². The number of carbonyl (C=O) groups excluding carboxylic acids is 2. The van der Waals surface area contributed by atoms with Gasteiger partial charge in [-0.05, 0) is 60.7 Å². The lowest BCUT2D eigenvalue weighted by atomic mass is 10.1. The molecule has 3 aromatic rings. The third-order valence-corrected chi connectivity index (χ3v) is 3.27. The number of amides is 1.